The second-order valence-corrected chi connectivity index (χ2v) is 5.26. The van der Waals surface area contributed by atoms with Gasteiger partial charge in [0.25, 0.3) is 0 Å². The van der Waals surface area contributed by atoms with E-state index in [0.717, 1.165) is 32.4 Å². The number of nitrogens with zero attached hydrogens (tertiary/aromatic N) is 1. The van der Waals surface area contributed by atoms with Crippen LogP contribution < -0.4 is 5.32 Å². The van der Waals surface area contributed by atoms with Gasteiger partial charge in [-0.05, 0) is 40.2 Å². The van der Waals surface area contributed by atoms with Gasteiger partial charge in [0.05, 0.1) is 5.54 Å². The third-order valence-electron chi connectivity index (χ3n) is 3.29. The van der Waals surface area contributed by atoms with Crippen LogP contribution >= 0.6 is 0 Å². The van der Waals surface area contributed by atoms with Crippen molar-refractivity contribution in [3.05, 3.63) is 0 Å². The number of hydrogen-bond acceptors (Lipinski definition) is 2. The van der Waals surface area contributed by atoms with E-state index < -0.39 is 5.54 Å². The summed E-state index contributed by atoms with van der Waals surface area (Å²) in [4.78, 5) is 14.6. The largest absolute Gasteiger partial charge is 0.338 e. The maximum absolute atomic E-state index is 12.5. The Morgan fingerprint density at radius 1 is 1.29 bits per heavy atom. The van der Waals surface area contributed by atoms with Crippen molar-refractivity contribution in [1.82, 2.24) is 10.2 Å². The molecule has 17 heavy (non-hydrogen) atoms. The molecular formula is C14H30N2O. The van der Waals surface area contributed by atoms with Crippen molar-refractivity contribution in [1.29, 1.82) is 0 Å². The lowest BCUT2D eigenvalue weighted by molar-refractivity contribution is -0.139. The Kier molecular flexibility index (Phi) is 7.44. The first-order chi connectivity index (χ1) is 7.90. The van der Waals surface area contributed by atoms with E-state index in [1.54, 1.807) is 0 Å². The molecule has 0 bridgehead atoms. The number of amides is 1. The fourth-order valence-electron chi connectivity index (χ4n) is 1.95. The average molecular weight is 242 g/mol. The Morgan fingerprint density at radius 2 is 1.88 bits per heavy atom. The number of carbonyl (C=O) groups excluding carboxylic acids is 1. The smallest absolute Gasteiger partial charge is 0.242 e. The lowest BCUT2D eigenvalue weighted by Crippen LogP contribution is -2.56. The van der Waals surface area contributed by atoms with Gasteiger partial charge in [-0.25, -0.2) is 0 Å². The molecule has 0 saturated carbocycles. The number of unbranched alkanes of at least 4 members (excludes halogenated alkanes) is 1. The van der Waals surface area contributed by atoms with Crippen LogP contribution in [0, 0.1) is 0 Å². The minimum atomic E-state index is -0.452. The predicted octanol–water partition coefficient (Wildman–Crippen LogP) is 2.80. The summed E-state index contributed by atoms with van der Waals surface area (Å²) in [7, 11) is 0. The monoisotopic (exact) mass is 242 g/mol. The average Bonchev–Trinajstić information content (AvgIpc) is 2.28. The van der Waals surface area contributed by atoms with Crippen molar-refractivity contribution in [2.24, 2.45) is 0 Å². The molecule has 0 heterocycles. The van der Waals surface area contributed by atoms with E-state index in [4.69, 9.17) is 0 Å². The highest BCUT2D eigenvalue weighted by molar-refractivity contribution is 5.85. The van der Waals surface area contributed by atoms with Gasteiger partial charge in [-0.3, -0.25) is 4.79 Å². The van der Waals surface area contributed by atoms with E-state index in [0.29, 0.717) is 6.04 Å². The molecule has 1 atom stereocenters. The summed E-state index contributed by atoms with van der Waals surface area (Å²) >= 11 is 0. The first-order valence-electron chi connectivity index (χ1n) is 6.96. The van der Waals surface area contributed by atoms with Gasteiger partial charge in [0.1, 0.15) is 0 Å². The molecule has 0 aromatic carbocycles. The Labute approximate surface area is 107 Å². The summed E-state index contributed by atoms with van der Waals surface area (Å²) in [5.74, 6) is 0.224. The Morgan fingerprint density at radius 3 is 2.29 bits per heavy atom. The van der Waals surface area contributed by atoms with Crippen molar-refractivity contribution in [3.63, 3.8) is 0 Å². The van der Waals surface area contributed by atoms with Crippen molar-refractivity contribution in [2.45, 2.75) is 72.4 Å². The third kappa shape index (κ3) is 5.07. The molecular weight excluding hydrogens is 212 g/mol. The molecule has 3 heteroatoms. The third-order valence-corrected chi connectivity index (χ3v) is 3.29. The number of nitrogens with one attached hydrogen (secondary N) is 1. The number of likely N-dealkylation sites (N-methyl/N-ethyl adjacent to an activating group) is 1. The van der Waals surface area contributed by atoms with E-state index in [9.17, 15) is 4.79 Å². The van der Waals surface area contributed by atoms with Gasteiger partial charge in [0.2, 0.25) is 5.91 Å². The molecule has 0 rings (SSSR count). The summed E-state index contributed by atoms with van der Waals surface area (Å²) in [6.45, 7) is 14.1. The van der Waals surface area contributed by atoms with Crippen molar-refractivity contribution >= 4 is 5.91 Å². The minimum Gasteiger partial charge on any atom is -0.338 e. The van der Waals surface area contributed by atoms with Crippen LogP contribution in [-0.4, -0.2) is 35.5 Å². The maximum Gasteiger partial charge on any atom is 0.242 e. The van der Waals surface area contributed by atoms with Crippen LogP contribution in [0.25, 0.3) is 0 Å². The quantitative estimate of drug-likeness (QED) is 0.710. The number of hydrogen-bond donors (Lipinski definition) is 1. The van der Waals surface area contributed by atoms with Gasteiger partial charge in [0, 0.05) is 12.6 Å². The van der Waals surface area contributed by atoms with Crippen LogP contribution in [0.3, 0.4) is 0 Å². The molecule has 1 amide bonds. The van der Waals surface area contributed by atoms with E-state index in [-0.39, 0.29) is 5.91 Å². The topological polar surface area (TPSA) is 32.3 Å². The minimum absolute atomic E-state index is 0.224. The Bertz CT molecular complexity index is 226. The first-order valence-corrected chi connectivity index (χ1v) is 6.96. The summed E-state index contributed by atoms with van der Waals surface area (Å²) in [6.07, 6.45) is 3.22. The normalized spacial score (nSPS) is 13.5. The molecule has 0 aliphatic heterocycles. The molecule has 0 aliphatic carbocycles. The lowest BCUT2D eigenvalue weighted by Gasteiger charge is -2.36. The molecule has 1 N–H and O–H groups in total. The molecule has 0 radical (unpaired) electrons. The van der Waals surface area contributed by atoms with Crippen molar-refractivity contribution in [2.75, 3.05) is 13.1 Å². The van der Waals surface area contributed by atoms with Crippen LogP contribution in [0.2, 0.25) is 0 Å². The summed E-state index contributed by atoms with van der Waals surface area (Å²) in [5, 5.41) is 3.27. The Hall–Kier alpha value is -0.570. The second-order valence-electron chi connectivity index (χ2n) is 5.26. The zero-order chi connectivity index (χ0) is 13.5. The molecule has 0 aromatic heterocycles. The highest BCUT2D eigenvalue weighted by atomic mass is 16.2. The van der Waals surface area contributed by atoms with E-state index in [1.165, 1.54) is 0 Å². The van der Waals surface area contributed by atoms with Gasteiger partial charge in [-0.1, -0.05) is 27.2 Å². The van der Waals surface area contributed by atoms with Crippen LogP contribution in [0.15, 0.2) is 0 Å². The second kappa shape index (κ2) is 7.70. The molecule has 0 aromatic rings. The molecule has 102 valence electrons. The molecule has 0 saturated heterocycles. The zero-order valence-electron chi connectivity index (χ0n) is 12.5. The fraction of sp³-hybridized carbons (Fsp3) is 0.929. The van der Waals surface area contributed by atoms with Crippen molar-refractivity contribution in [3.8, 4) is 0 Å². The molecule has 0 aliphatic rings. The summed E-state index contributed by atoms with van der Waals surface area (Å²) < 4.78 is 0. The molecule has 0 fully saturated rings. The molecule has 0 spiro atoms. The van der Waals surface area contributed by atoms with E-state index in [2.05, 4.69) is 26.1 Å². The van der Waals surface area contributed by atoms with Gasteiger partial charge in [0.15, 0.2) is 0 Å². The zero-order valence-corrected chi connectivity index (χ0v) is 12.5. The maximum atomic E-state index is 12.5. The fourth-order valence-corrected chi connectivity index (χ4v) is 1.95. The van der Waals surface area contributed by atoms with Crippen LogP contribution in [0.1, 0.15) is 60.8 Å². The van der Waals surface area contributed by atoms with Crippen LogP contribution in [0.4, 0.5) is 0 Å². The van der Waals surface area contributed by atoms with Gasteiger partial charge in [-0.2, -0.15) is 0 Å². The van der Waals surface area contributed by atoms with Crippen LogP contribution in [0.5, 0.6) is 0 Å². The number of carbonyl (C=O) groups is 1. The van der Waals surface area contributed by atoms with E-state index in [1.807, 2.05) is 25.7 Å². The van der Waals surface area contributed by atoms with E-state index >= 15 is 0 Å². The van der Waals surface area contributed by atoms with Crippen molar-refractivity contribution < 1.29 is 4.79 Å². The molecule has 1 unspecified atom stereocenters. The highest BCUT2D eigenvalue weighted by Crippen LogP contribution is 2.14. The highest BCUT2D eigenvalue weighted by Gasteiger charge is 2.32. The predicted molar refractivity (Wildman–Crippen MR) is 74.1 cm³/mol. The molecule has 3 nitrogen and oxygen atoms in total. The first kappa shape index (κ1) is 16.4. The Balaban J connectivity index is 4.72. The lowest BCUT2D eigenvalue weighted by atomic mass is 10.0. The van der Waals surface area contributed by atoms with Gasteiger partial charge in [-0.15, -0.1) is 0 Å². The number of rotatable bonds is 8. The SMILES string of the molecule is CCCCN(C(=O)C(C)(C)NCC)C(C)CC. The van der Waals surface area contributed by atoms with Gasteiger partial charge >= 0.3 is 0 Å². The summed E-state index contributed by atoms with van der Waals surface area (Å²) in [6, 6.07) is 0.326. The van der Waals surface area contributed by atoms with Crippen LogP contribution in [-0.2, 0) is 4.79 Å². The van der Waals surface area contributed by atoms with Gasteiger partial charge < -0.3 is 10.2 Å². The standard InChI is InChI=1S/C14H30N2O/c1-7-10-11-16(12(4)8-2)13(17)14(5,6)15-9-3/h12,15H,7-11H2,1-6H3. The summed E-state index contributed by atoms with van der Waals surface area (Å²) in [5.41, 5.74) is -0.452.